The van der Waals surface area contributed by atoms with Gasteiger partial charge in [0.1, 0.15) is 10.6 Å². The standard InChI is InChI=1S/C16H18N4O3S/c1-12-16(13(2)23-18-12)24(21,22)19(3)10-14-9-17-20(11-14)15-7-5-4-6-8-15/h4-9,11H,10H2,1-3H3. The van der Waals surface area contributed by atoms with Gasteiger partial charge in [-0.25, -0.2) is 13.1 Å². The maximum atomic E-state index is 12.7. The highest BCUT2D eigenvalue weighted by molar-refractivity contribution is 7.89. The van der Waals surface area contributed by atoms with E-state index in [1.165, 1.54) is 11.4 Å². The third-order valence-corrected chi connectivity index (χ3v) is 5.75. The van der Waals surface area contributed by atoms with Crippen molar-refractivity contribution in [3.8, 4) is 5.69 Å². The van der Waals surface area contributed by atoms with E-state index in [4.69, 9.17) is 4.52 Å². The van der Waals surface area contributed by atoms with E-state index >= 15 is 0 Å². The lowest BCUT2D eigenvalue weighted by atomic mass is 10.3. The Morgan fingerprint density at radius 3 is 2.54 bits per heavy atom. The fourth-order valence-corrected chi connectivity index (χ4v) is 3.95. The van der Waals surface area contributed by atoms with Gasteiger partial charge >= 0.3 is 0 Å². The molecular formula is C16H18N4O3S. The SMILES string of the molecule is Cc1noc(C)c1S(=O)(=O)N(C)Cc1cnn(-c2ccccc2)c1. The van der Waals surface area contributed by atoms with Gasteiger partial charge in [0, 0.05) is 25.4 Å². The van der Waals surface area contributed by atoms with Gasteiger partial charge in [-0.1, -0.05) is 23.4 Å². The van der Waals surface area contributed by atoms with E-state index < -0.39 is 10.0 Å². The summed E-state index contributed by atoms with van der Waals surface area (Å²) in [7, 11) is -2.14. The zero-order chi connectivity index (χ0) is 17.3. The van der Waals surface area contributed by atoms with E-state index in [2.05, 4.69) is 10.3 Å². The van der Waals surface area contributed by atoms with Gasteiger partial charge in [0.15, 0.2) is 5.76 Å². The number of aromatic nitrogens is 3. The van der Waals surface area contributed by atoms with Crippen molar-refractivity contribution in [2.45, 2.75) is 25.3 Å². The van der Waals surface area contributed by atoms with Gasteiger partial charge in [-0.3, -0.25) is 0 Å². The first-order chi connectivity index (χ1) is 11.4. The summed E-state index contributed by atoms with van der Waals surface area (Å²) >= 11 is 0. The molecule has 0 saturated heterocycles. The molecule has 0 amide bonds. The van der Waals surface area contributed by atoms with Crippen LogP contribution in [0.2, 0.25) is 0 Å². The molecule has 0 fully saturated rings. The van der Waals surface area contributed by atoms with Crippen molar-refractivity contribution < 1.29 is 12.9 Å². The van der Waals surface area contributed by atoms with Gasteiger partial charge in [-0.2, -0.15) is 9.40 Å². The predicted octanol–water partition coefficient (Wildman–Crippen LogP) is 2.30. The number of rotatable bonds is 5. The number of hydrogen-bond acceptors (Lipinski definition) is 5. The fraction of sp³-hybridized carbons (Fsp3) is 0.250. The molecule has 0 bridgehead atoms. The number of sulfonamides is 1. The summed E-state index contributed by atoms with van der Waals surface area (Å²) in [6, 6.07) is 9.63. The second-order valence-electron chi connectivity index (χ2n) is 5.54. The summed E-state index contributed by atoms with van der Waals surface area (Å²) in [6.45, 7) is 3.41. The van der Waals surface area contributed by atoms with Crippen LogP contribution in [0.4, 0.5) is 0 Å². The Hall–Kier alpha value is -2.45. The first-order valence-electron chi connectivity index (χ1n) is 7.38. The first kappa shape index (κ1) is 16.4. The molecule has 7 nitrogen and oxygen atoms in total. The number of para-hydroxylation sites is 1. The zero-order valence-electron chi connectivity index (χ0n) is 13.7. The third kappa shape index (κ3) is 2.98. The van der Waals surface area contributed by atoms with E-state index in [0.29, 0.717) is 11.5 Å². The highest BCUT2D eigenvalue weighted by Gasteiger charge is 2.28. The average molecular weight is 346 g/mol. The Labute approximate surface area is 140 Å². The van der Waals surface area contributed by atoms with Crippen LogP contribution in [0.15, 0.2) is 52.1 Å². The lowest BCUT2D eigenvalue weighted by Crippen LogP contribution is -2.27. The Balaban J connectivity index is 1.83. The number of nitrogens with zero attached hydrogens (tertiary/aromatic N) is 4. The van der Waals surface area contributed by atoms with E-state index in [9.17, 15) is 8.42 Å². The van der Waals surface area contributed by atoms with Gasteiger partial charge < -0.3 is 4.52 Å². The summed E-state index contributed by atoms with van der Waals surface area (Å²) in [5.41, 5.74) is 2.07. The van der Waals surface area contributed by atoms with Gasteiger partial charge in [-0.15, -0.1) is 0 Å². The molecule has 0 aliphatic heterocycles. The topological polar surface area (TPSA) is 81.2 Å². The minimum atomic E-state index is -3.67. The largest absolute Gasteiger partial charge is 0.360 e. The van der Waals surface area contributed by atoms with Gasteiger partial charge in [-0.05, 0) is 26.0 Å². The predicted molar refractivity (Wildman–Crippen MR) is 88.2 cm³/mol. The molecule has 2 aromatic heterocycles. The van der Waals surface area contributed by atoms with Crippen LogP contribution < -0.4 is 0 Å². The van der Waals surface area contributed by atoms with Crippen molar-refractivity contribution in [3.63, 3.8) is 0 Å². The molecule has 0 spiro atoms. The molecule has 0 unspecified atom stereocenters. The molecule has 24 heavy (non-hydrogen) atoms. The zero-order valence-corrected chi connectivity index (χ0v) is 14.5. The monoisotopic (exact) mass is 346 g/mol. The summed E-state index contributed by atoms with van der Waals surface area (Å²) in [5, 5.41) is 8.00. The molecule has 8 heteroatoms. The molecule has 0 atom stereocenters. The van der Waals surface area contributed by atoms with Crippen LogP contribution in [0.3, 0.4) is 0 Å². The molecule has 0 aliphatic rings. The maximum Gasteiger partial charge on any atom is 0.248 e. The quantitative estimate of drug-likeness (QED) is 0.708. The summed E-state index contributed by atoms with van der Waals surface area (Å²) in [5.74, 6) is 0.291. The minimum Gasteiger partial charge on any atom is -0.360 e. The van der Waals surface area contributed by atoms with Gasteiger partial charge in [0.2, 0.25) is 10.0 Å². The Bertz CT molecular complexity index is 925. The van der Waals surface area contributed by atoms with Crippen LogP contribution >= 0.6 is 0 Å². The molecule has 1 aromatic carbocycles. The molecule has 0 radical (unpaired) electrons. The lowest BCUT2D eigenvalue weighted by Gasteiger charge is -2.15. The molecule has 126 valence electrons. The van der Waals surface area contributed by atoms with E-state index in [-0.39, 0.29) is 11.4 Å². The molecule has 0 N–H and O–H groups in total. The van der Waals surface area contributed by atoms with Crippen LogP contribution in [-0.4, -0.2) is 34.7 Å². The highest BCUT2D eigenvalue weighted by Crippen LogP contribution is 2.23. The van der Waals surface area contributed by atoms with Gasteiger partial charge in [0.05, 0.1) is 11.9 Å². The summed E-state index contributed by atoms with van der Waals surface area (Å²) < 4.78 is 33.4. The third-order valence-electron chi connectivity index (χ3n) is 3.70. The summed E-state index contributed by atoms with van der Waals surface area (Å²) in [6.07, 6.45) is 3.47. The second kappa shape index (κ2) is 6.21. The van der Waals surface area contributed by atoms with Crippen molar-refractivity contribution in [3.05, 3.63) is 59.7 Å². The van der Waals surface area contributed by atoms with Crippen LogP contribution in [-0.2, 0) is 16.6 Å². The van der Waals surface area contributed by atoms with Crippen molar-refractivity contribution in [2.24, 2.45) is 0 Å². The van der Waals surface area contributed by atoms with Gasteiger partial charge in [0.25, 0.3) is 0 Å². The molecule has 3 rings (SSSR count). The first-order valence-corrected chi connectivity index (χ1v) is 8.82. The average Bonchev–Trinajstić information content (AvgIpc) is 3.15. The molecule has 0 saturated carbocycles. The number of hydrogen-bond donors (Lipinski definition) is 0. The van der Waals surface area contributed by atoms with Crippen molar-refractivity contribution in [2.75, 3.05) is 7.05 Å². The maximum absolute atomic E-state index is 12.7. The van der Waals surface area contributed by atoms with E-state index in [1.807, 2.05) is 36.5 Å². The Kier molecular flexibility index (Phi) is 4.25. The second-order valence-corrected chi connectivity index (χ2v) is 7.52. The van der Waals surface area contributed by atoms with Crippen LogP contribution in [0.25, 0.3) is 5.69 Å². The molecule has 0 aliphatic carbocycles. The number of aryl methyl sites for hydroxylation is 2. The molecule has 2 heterocycles. The van der Waals surface area contributed by atoms with E-state index in [1.54, 1.807) is 24.7 Å². The fourth-order valence-electron chi connectivity index (χ4n) is 2.50. The van der Waals surface area contributed by atoms with Crippen LogP contribution in [0, 0.1) is 13.8 Å². The van der Waals surface area contributed by atoms with Crippen LogP contribution in [0.1, 0.15) is 17.0 Å². The minimum absolute atomic E-state index is 0.125. The normalized spacial score (nSPS) is 12.0. The lowest BCUT2D eigenvalue weighted by molar-refractivity contribution is 0.389. The number of benzene rings is 1. The Morgan fingerprint density at radius 2 is 1.92 bits per heavy atom. The van der Waals surface area contributed by atoms with Crippen LogP contribution in [0.5, 0.6) is 0 Å². The Morgan fingerprint density at radius 1 is 1.21 bits per heavy atom. The highest BCUT2D eigenvalue weighted by atomic mass is 32.2. The molecular weight excluding hydrogens is 328 g/mol. The van der Waals surface area contributed by atoms with E-state index in [0.717, 1.165) is 11.3 Å². The van der Waals surface area contributed by atoms with Crippen molar-refractivity contribution >= 4 is 10.0 Å². The smallest absolute Gasteiger partial charge is 0.248 e. The van der Waals surface area contributed by atoms with Crippen molar-refractivity contribution in [1.29, 1.82) is 0 Å². The van der Waals surface area contributed by atoms with Crippen molar-refractivity contribution in [1.82, 2.24) is 19.2 Å². The summed E-state index contributed by atoms with van der Waals surface area (Å²) in [4.78, 5) is 0.125. The molecule has 3 aromatic rings.